The third-order valence-corrected chi connectivity index (χ3v) is 1.81. The summed E-state index contributed by atoms with van der Waals surface area (Å²) in [5, 5.41) is 8.83. The summed E-state index contributed by atoms with van der Waals surface area (Å²) in [4.78, 5) is 6.08. The number of anilines is 1. The monoisotopic (exact) mass is 196 g/mol. The second-order valence-electron chi connectivity index (χ2n) is 3.25. The maximum Gasteiger partial charge on any atom is 0.297 e. The van der Waals surface area contributed by atoms with Crippen LogP contribution in [0.1, 0.15) is 19.5 Å². The van der Waals surface area contributed by atoms with E-state index in [0.29, 0.717) is 11.7 Å². The zero-order valence-corrected chi connectivity index (χ0v) is 8.66. The third kappa shape index (κ3) is 2.60. The molecule has 0 atom stereocenters. The van der Waals surface area contributed by atoms with Crippen LogP contribution in [0.5, 0.6) is 0 Å². The van der Waals surface area contributed by atoms with Gasteiger partial charge >= 0.3 is 0 Å². The summed E-state index contributed by atoms with van der Waals surface area (Å²) in [7, 11) is 0. The molecule has 1 heterocycles. The Labute approximate surface area is 83.9 Å². The molecule has 0 amide bonds. The summed E-state index contributed by atoms with van der Waals surface area (Å²) in [5.41, 5.74) is 1.61. The molecule has 0 saturated carbocycles. The predicted octanol–water partition coefficient (Wildman–Crippen LogP) is 1.57. The molecule has 0 spiro atoms. The molecule has 0 saturated heterocycles. The number of oxazole rings is 1. The highest BCUT2D eigenvalue weighted by molar-refractivity contribution is 5.29. The Morgan fingerprint density at radius 3 is 2.86 bits per heavy atom. The Bertz CT molecular complexity index is 307. The smallest absolute Gasteiger partial charge is 0.297 e. The number of aliphatic hydroxyl groups is 1. The molecule has 0 bridgehead atoms. The number of aromatic nitrogens is 1. The van der Waals surface area contributed by atoms with E-state index in [2.05, 4.69) is 11.6 Å². The molecule has 0 unspecified atom stereocenters. The van der Waals surface area contributed by atoms with Gasteiger partial charge < -0.3 is 14.4 Å². The van der Waals surface area contributed by atoms with Crippen molar-refractivity contribution < 1.29 is 9.52 Å². The van der Waals surface area contributed by atoms with Gasteiger partial charge in [-0.1, -0.05) is 12.2 Å². The predicted molar refractivity (Wildman–Crippen MR) is 55.1 cm³/mol. The Kier molecular flexibility index (Phi) is 3.71. The zero-order valence-electron chi connectivity index (χ0n) is 8.66. The molecule has 1 aromatic heterocycles. The topological polar surface area (TPSA) is 49.5 Å². The van der Waals surface area contributed by atoms with E-state index in [1.807, 2.05) is 18.7 Å². The van der Waals surface area contributed by atoms with Crippen molar-refractivity contribution in [1.82, 2.24) is 4.98 Å². The van der Waals surface area contributed by atoms with Crippen LogP contribution < -0.4 is 4.90 Å². The van der Waals surface area contributed by atoms with Crippen LogP contribution >= 0.6 is 0 Å². The molecule has 4 nitrogen and oxygen atoms in total. The van der Waals surface area contributed by atoms with Crippen molar-refractivity contribution in [3.05, 3.63) is 24.1 Å². The van der Waals surface area contributed by atoms with Crippen LogP contribution in [0.15, 0.2) is 22.8 Å². The minimum absolute atomic E-state index is 0.0892. The van der Waals surface area contributed by atoms with E-state index in [1.165, 1.54) is 6.26 Å². The van der Waals surface area contributed by atoms with Gasteiger partial charge in [0.05, 0.1) is 6.61 Å². The largest absolute Gasteiger partial charge is 0.432 e. The Hall–Kier alpha value is -1.29. The van der Waals surface area contributed by atoms with Crippen LogP contribution in [0.3, 0.4) is 0 Å². The van der Waals surface area contributed by atoms with Gasteiger partial charge in [0.2, 0.25) is 0 Å². The molecule has 0 aliphatic heterocycles. The first-order valence-corrected chi connectivity index (χ1v) is 4.62. The van der Waals surface area contributed by atoms with E-state index in [9.17, 15) is 0 Å². The molecule has 1 N–H and O–H groups in total. The highest BCUT2D eigenvalue weighted by Gasteiger charge is 2.10. The van der Waals surface area contributed by atoms with Gasteiger partial charge in [-0.25, -0.2) is 0 Å². The lowest BCUT2D eigenvalue weighted by molar-refractivity contribution is 0.276. The van der Waals surface area contributed by atoms with Crippen LogP contribution in [0.25, 0.3) is 0 Å². The maximum absolute atomic E-state index is 8.83. The molecule has 0 radical (unpaired) electrons. The minimum Gasteiger partial charge on any atom is -0.432 e. The van der Waals surface area contributed by atoms with E-state index in [1.54, 1.807) is 0 Å². The van der Waals surface area contributed by atoms with E-state index in [0.717, 1.165) is 18.7 Å². The summed E-state index contributed by atoms with van der Waals surface area (Å²) < 4.78 is 5.22. The fourth-order valence-electron chi connectivity index (χ4n) is 1.15. The molecule has 14 heavy (non-hydrogen) atoms. The fourth-order valence-corrected chi connectivity index (χ4v) is 1.15. The lowest BCUT2D eigenvalue weighted by Crippen LogP contribution is -2.24. The van der Waals surface area contributed by atoms with E-state index >= 15 is 0 Å². The molecule has 0 fully saturated rings. The molecule has 0 aliphatic rings. The van der Waals surface area contributed by atoms with Crippen LogP contribution in [0.4, 0.5) is 6.01 Å². The van der Waals surface area contributed by atoms with Crippen LogP contribution in [-0.2, 0) is 6.61 Å². The SMILES string of the molecule is C=C(C)CN(CC)c1nc(CO)co1. The Morgan fingerprint density at radius 1 is 1.71 bits per heavy atom. The maximum atomic E-state index is 8.83. The third-order valence-electron chi connectivity index (χ3n) is 1.81. The van der Waals surface area contributed by atoms with Gasteiger partial charge in [0.25, 0.3) is 6.01 Å². The van der Waals surface area contributed by atoms with E-state index in [-0.39, 0.29) is 6.61 Å². The quantitative estimate of drug-likeness (QED) is 0.726. The highest BCUT2D eigenvalue weighted by Crippen LogP contribution is 2.14. The first kappa shape index (κ1) is 10.8. The van der Waals surface area contributed by atoms with Crippen molar-refractivity contribution in [3.63, 3.8) is 0 Å². The Morgan fingerprint density at radius 2 is 2.43 bits per heavy atom. The molecule has 1 aromatic rings. The first-order chi connectivity index (χ1) is 6.67. The minimum atomic E-state index is -0.0892. The normalized spacial score (nSPS) is 10.2. The summed E-state index contributed by atoms with van der Waals surface area (Å²) in [6, 6.07) is 0.541. The Balaban J connectivity index is 2.73. The van der Waals surface area contributed by atoms with Crippen LogP contribution in [0, 0.1) is 0 Å². The van der Waals surface area contributed by atoms with Crippen molar-refractivity contribution in [3.8, 4) is 0 Å². The van der Waals surface area contributed by atoms with Crippen molar-refractivity contribution in [2.45, 2.75) is 20.5 Å². The van der Waals surface area contributed by atoms with Gasteiger partial charge in [-0.3, -0.25) is 0 Å². The zero-order chi connectivity index (χ0) is 10.6. The second kappa shape index (κ2) is 4.81. The van der Waals surface area contributed by atoms with E-state index < -0.39 is 0 Å². The van der Waals surface area contributed by atoms with Crippen molar-refractivity contribution in [2.75, 3.05) is 18.0 Å². The summed E-state index contributed by atoms with van der Waals surface area (Å²) in [6.07, 6.45) is 1.47. The lowest BCUT2D eigenvalue weighted by Gasteiger charge is -2.17. The molecule has 4 heteroatoms. The summed E-state index contributed by atoms with van der Waals surface area (Å²) in [5.74, 6) is 0. The van der Waals surface area contributed by atoms with Crippen LogP contribution in [0.2, 0.25) is 0 Å². The molecule has 0 aromatic carbocycles. The van der Waals surface area contributed by atoms with Gasteiger partial charge in [-0.05, 0) is 13.8 Å². The lowest BCUT2D eigenvalue weighted by atomic mass is 10.3. The number of hydrogen-bond acceptors (Lipinski definition) is 4. The van der Waals surface area contributed by atoms with E-state index in [4.69, 9.17) is 9.52 Å². The molecular weight excluding hydrogens is 180 g/mol. The van der Waals surface area contributed by atoms with Gasteiger partial charge in [0, 0.05) is 13.1 Å². The average Bonchev–Trinajstić information content (AvgIpc) is 2.62. The summed E-state index contributed by atoms with van der Waals surface area (Å²) in [6.45, 7) is 9.25. The van der Waals surface area contributed by atoms with Gasteiger partial charge in [0.15, 0.2) is 0 Å². The highest BCUT2D eigenvalue weighted by atomic mass is 16.4. The van der Waals surface area contributed by atoms with Crippen LogP contribution in [-0.4, -0.2) is 23.2 Å². The summed E-state index contributed by atoms with van der Waals surface area (Å²) >= 11 is 0. The van der Waals surface area contributed by atoms with Gasteiger partial charge in [-0.2, -0.15) is 4.98 Å². The number of rotatable bonds is 5. The average molecular weight is 196 g/mol. The number of nitrogens with zero attached hydrogens (tertiary/aromatic N) is 2. The van der Waals surface area contributed by atoms with Crippen molar-refractivity contribution in [2.24, 2.45) is 0 Å². The molecule has 78 valence electrons. The van der Waals surface area contributed by atoms with Gasteiger partial charge in [0.1, 0.15) is 12.0 Å². The molecule has 0 aliphatic carbocycles. The number of likely N-dealkylation sites (N-methyl/N-ethyl adjacent to an activating group) is 1. The van der Waals surface area contributed by atoms with Gasteiger partial charge in [-0.15, -0.1) is 0 Å². The molecule has 1 rings (SSSR count). The fraction of sp³-hybridized carbons (Fsp3) is 0.500. The standard InChI is InChI=1S/C10H16N2O2/c1-4-12(5-8(2)3)10-11-9(6-13)7-14-10/h7,13H,2,4-6H2,1,3H3. The molecular formula is C10H16N2O2. The first-order valence-electron chi connectivity index (χ1n) is 4.62. The van der Waals surface area contributed by atoms with Crippen molar-refractivity contribution >= 4 is 6.01 Å². The van der Waals surface area contributed by atoms with Crippen molar-refractivity contribution in [1.29, 1.82) is 0 Å². The number of hydrogen-bond donors (Lipinski definition) is 1. The number of aliphatic hydroxyl groups excluding tert-OH is 1. The second-order valence-corrected chi connectivity index (χ2v) is 3.25.